The first kappa shape index (κ1) is 20.4. The molecule has 1 aliphatic carbocycles. The van der Waals surface area contributed by atoms with Crippen LogP contribution in [0.4, 0.5) is 4.39 Å². The van der Waals surface area contributed by atoms with Crippen molar-refractivity contribution in [3.05, 3.63) is 52.6 Å². The average Bonchev–Trinajstić information content (AvgIpc) is 2.63. The Hall–Kier alpha value is -1.63. The van der Waals surface area contributed by atoms with Gasteiger partial charge in [-0.2, -0.15) is 0 Å². The van der Waals surface area contributed by atoms with Gasteiger partial charge in [-0.15, -0.1) is 0 Å². The van der Waals surface area contributed by atoms with Gasteiger partial charge in [0.25, 0.3) is 0 Å². The number of benzene rings is 2. The lowest BCUT2D eigenvalue weighted by Crippen LogP contribution is -1.96. The fraction of sp³-hybridized carbons (Fsp3) is 0.429. The van der Waals surface area contributed by atoms with E-state index in [1.165, 1.54) is 45.9 Å². The highest BCUT2D eigenvalue weighted by molar-refractivity contribution is 5.95. The lowest BCUT2D eigenvalue weighted by Gasteiger charge is -2.15. The minimum Gasteiger partial charge on any atom is -0.255 e. The van der Waals surface area contributed by atoms with Gasteiger partial charge in [0.15, 0.2) is 0 Å². The first-order valence-electron chi connectivity index (χ1n) is 8.33. The van der Waals surface area contributed by atoms with Crippen molar-refractivity contribution in [2.24, 2.45) is 0 Å². The Balaban J connectivity index is 0.000000661. The van der Waals surface area contributed by atoms with Crippen LogP contribution in [0.3, 0.4) is 0 Å². The fourth-order valence-corrected chi connectivity index (χ4v) is 2.59. The zero-order valence-electron chi connectivity index (χ0n) is 15.3. The number of aryl methyl sites for hydroxylation is 3. The predicted octanol–water partition coefficient (Wildman–Crippen LogP) is 7.05. The molecule has 2 aromatic carbocycles. The molecule has 0 amide bonds. The Morgan fingerprint density at radius 2 is 1.41 bits per heavy atom. The standard InChI is InChI=1S/C16H16.2C2H6.CH3F/c1-11-7-9-16-14(12(11)2)10-8-13-5-3-4-6-15(13)16;3*1-2/h4,6-10H,3,5H2,1-2H3;2*1-2H3;1H3. The minimum absolute atomic E-state index is 0.500. The molecule has 0 saturated carbocycles. The molecule has 0 heterocycles. The van der Waals surface area contributed by atoms with Crippen LogP contribution in [0, 0.1) is 13.8 Å². The first-order chi connectivity index (χ1) is 10.8. The summed E-state index contributed by atoms with van der Waals surface area (Å²) in [6.45, 7) is 12.4. The van der Waals surface area contributed by atoms with Gasteiger partial charge in [0, 0.05) is 0 Å². The lowest BCUT2D eigenvalue weighted by molar-refractivity contribution is 0.636. The van der Waals surface area contributed by atoms with Gasteiger partial charge in [-0.1, -0.05) is 64.1 Å². The van der Waals surface area contributed by atoms with E-state index in [0.29, 0.717) is 7.18 Å². The smallest absolute Gasteiger partial charge is 0.0785 e. The maximum Gasteiger partial charge on any atom is 0.0785 e. The molecule has 0 fully saturated rings. The molecule has 0 aromatic heterocycles. The second-order valence-electron chi connectivity index (χ2n) is 4.68. The van der Waals surface area contributed by atoms with Gasteiger partial charge >= 0.3 is 0 Å². The average molecular weight is 302 g/mol. The summed E-state index contributed by atoms with van der Waals surface area (Å²) in [5, 5.41) is 2.82. The molecule has 0 saturated heterocycles. The molecular formula is C21H31F. The second kappa shape index (κ2) is 11.0. The third-order valence-corrected chi connectivity index (χ3v) is 3.74. The van der Waals surface area contributed by atoms with Crippen molar-refractivity contribution in [3.8, 4) is 0 Å². The Bertz CT molecular complexity index is 594. The van der Waals surface area contributed by atoms with Crippen molar-refractivity contribution in [1.29, 1.82) is 0 Å². The summed E-state index contributed by atoms with van der Waals surface area (Å²) in [5.41, 5.74) is 5.73. The highest BCUT2D eigenvalue weighted by Gasteiger charge is 2.09. The third-order valence-electron chi connectivity index (χ3n) is 3.74. The predicted molar refractivity (Wildman–Crippen MR) is 101 cm³/mol. The van der Waals surface area contributed by atoms with E-state index in [4.69, 9.17) is 0 Å². The molecule has 2 aromatic rings. The van der Waals surface area contributed by atoms with E-state index in [1.54, 1.807) is 0 Å². The number of fused-ring (bicyclic) bond motifs is 3. The quantitative estimate of drug-likeness (QED) is 0.489. The van der Waals surface area contributed by atoms with Gasteiger partial charge in [-0.3, -0.25) is 4.39 Å². The maximum absolute atomic E-state index is 9.50. The van der Waals surface area contributed by atoms with E-state index in [9.17, 15) is 4.39 Å². The van der Waals surface area contributed by atoms with Crippen molar-refractivity contribution < 1.29 is 4.39 Å². The van der Waals surface area contributed by atoms with Crippen LogP contribution >= 0.6 is 0 Å². The van der Waals surface area contributed by atoms with Crippen LogP contribution in [0.5, 0.6) is 0 Å². The lowest BCUT2D eigenvalue weighted by atomic mass is 9.90. The molecule has 1 heteroatoms. The molecule has 0 aliphatic heterocycles. The SMILES string of the molecule is CC.CC.CF.Cc1ccc2c3c(ccc2c1C)CCC=C3. The van der Waals surface area contributed by atoms with Gasteiger partial charge in [0.2, 0.25) is 0 Å². The molecule has 0 nitrogen and oxygen atoms in total. The van der Waals surface area contributed by atoms with E-state index in [-0.39, 0.29) is 0 Å². The van der Waals surface area contributed by atoms with Crippen molar-refractivity contribution >= 4 is 16.8 Å². The van der Waals surface area contributed by atoms with Crippen molar-refractivity contribution in [3.63, 3.8) is 0 Å². The molecule has 1 aliphatic rings. The molecule has 122 valence electrons. The number of halogens is 1. The van der Waals surface area contributed by atoms with Crippen LogP contribution in [0.25, 0.3) is 16.8 Å². The number of allylic oxidation sites excluding steroid dienone is 1. The van der Waals surface area contributed by atoms with E-state index in [1.807, 2.05) is 27.7 Å². The van der Waals surface area contributed by atoms with Gasteiger partial charge in [-0.25, -0.2) is 0 Å². The van der Waals surface area contributed by atoms with Gasteiger partial charge in [0.1, 0.15) is 0 Å². The summed E-state index contributed by atoms with van der Waals surface area (Å²) in [5.74, 6) is 0. The molecule has 0 atom stereocenters. The summed E-state index contributed by atoms with van der Waals surface area (Å²) < 4.78 is 9.50. The van der Waals surface area contributed by atoms with Gasteiger partial charge in [0.05, 0.1) is 7.18 Å². The second-order valence-corrected chi connectivity index (χ2v) is 4.68. The summed E-state index contributed by atoms with van der Waals surface area (Å²) in [7, 11) is 0.500. The Morgan fingerprint density at radius 1 is 0.818 bits per heavy atom. The molecule has 22 heavy (non-hydrogen) atoms. The summed E-state index contributed by atoms with van der Waals surface area (Å²) >= 11 is 0. The molecule has 0 radical (unpaired) electrons. The van der Waals surface area contributed by atoms with E-state index < -0.39 is 0 Å². The van der Waals surface area contributed by atoms with Crippen LogP contribution in [0.1, 0.15) is 56.4 Å². The van der Waals surface area contributed by atoms with Crippen LogP contribution in [-0.2, 0) is 6.42 Å². The number of rotatable bonds is 0. The molecule has 0 N–H and O–H groups in total. The highest BCUT2D eigenvalue weighted by Crippen LogP contribution is 2.30. The monoisotopic (exact) mass is 302 g/mol. The number of hydrogen-bond donors (Lipinski definition) is 0. The fourth-order valence-electron chi connectivity index (χ4n) is 2.59. The molecule has 0 spiro atoms. The maximum atomic E-state index is 9.50. The molecular weight excluding hydrogens is 271 g/mol. The minimum atomic E-state index is 0.500. The first-order valence-corrected chi connectivity index (χ1v) is 8.33. The van der Waals surface area contributed by atoms with Crippen LogP contribution in [0.2, 0.25) is 0 Å². The molecule has 0 bridgehead atoms. The van der Waals surface area contributed by atoms with Crippen molar-refractivity contribution in [2.75, 3.05) is 7.18 Å². The normalized spacial score (nSPS) is 11.1. The van der Waals surface area contributed by atoms with Crippen LogP contribution in [-0.4, -0.2) is 7.18 Å². The van der Waals surface area contributed by atoms with E-state index in [0.717, 1.165) is 0 Å². The topological polar surface area (TPSA) is 0 Å². The van der Waals surface area contributed by atoms with E-state index in [2.05, 4.69) is 50.3 Å². The largest absolute Gasteiger partial charge is 0.255 e. The van der Waals surface area contributed by atoms with Crippen molar-refractivity contribution in [1.82, 2.24) is 0 Å². The summed E-state index contributed by atoms with van der Waals surface area (Å²) in [6.07, 6.45) is 6.95. The summed E-state index contributed by atoms with van der Waals surface area (Å²) in [6, 6.07) is 9.09. The van der Waals surface area contributed by atoms with Gasteiger partial charge < -0.3 is 0 Å². The van der Waals surface area contributed by atoms with E-state index >= 15 is 0 Å². The summed E-state index contributed by atoms with van der Waals surface area (Å²) in [4.78, 5) is 0. The Morgan fingerprint density at radius 3 is 2.05 bits per heavy atom. The highest BCUT2D eigenvalue weighted by atomic mass is 19.1. The van der Waals surface area contributed by atoms with Crippen molar-refractivity contribution in [2.45, 2.75) is 54.4 Å². The molecule has 0 unspecified atom stereocenters. The Labute approximate surface area is 136 Å². The Kier molecular flexibility index (Phi) is 10.2. The van der Waals surface area contributed by atoms with Crippen LogP contribution in [0.15, 0.2) is 30.3 Å². The van der Waals surface area contributed by atoms with Crippen LogP contribution < -0.4 is 0 Å². The number of alkyl halides is 1. The third kappa shape index (κ3) is 4.43. The zero-order chi connectivity index (χ0) is 17.1. The zero-order valence-corrected chi connectivity index (χ0v) is 15.3. The number of hydrogen-bond acceptors (Lipinski definition) is 0. The van der Waals surface area contributed by atoms with Gasteiger partial charge in [-0.05, 0) is 59.7 Å². The molecule has 3 rings (SSSR count).